The second-order valence-corrected chi connectivity index (χ2v) is 4.34. The highest BCUT2D eigenvalue weighted by atomic mass is 15.1. The van der Waals surface area contributed by atoms with Crippen LogP contribution in [0.4, 0.5) is 5.69 Å². The van der Waals surface area contributed by atoms with Crippen molar-refractivity contribution in [1.29, 1.82) is 0 Å². The highest BCUT2D eigenvalue weighted by Crippen LogP contribution is 2.32. The van der Waals surface area contributed by atoms with E-state index in [0.717, 1.165) is 6.42 Å². The van der Waals surface area contributed by atoms with Gasteiger partial charge in [-0.2, -0.15) is 0 Å². The van der Waals surface area contributed by atoms with E-state index >= 15 is 0 Å². The Bertz CT molecular complexity index is 344. The fourth-order valence-electron chi connectivity index (χ4n) is 2.09. The van der Waals surface area contributed by atoms with Crippen LogP contribution < -0.4 is 10.6 Å². The van der Waals surface area contributed by atoms with Gasteiger partial charge in [-0.1, -0.05) is 12.1 Å². The van der Waals surface area contributed by atoms with E-state index < -0.39 is 0 Å². The van der Waals surface area contributed by atoms with Crippen LogP contribution in [-0.4, -0.2) is 13.1 Å². The minimum Gasteiger partial charge on any atom is -0.371 e. The molecular weight excluding hydrogens is 172 g/mol. The van der Waals surface area contributed by atoms with Gasteiger partial charge < -0.3 is 10.6 Å². The number of rotatable bonds is 1. The van der Waals surface area contributed by atoms with E-state index in [1.165, 1.54) is 16.8 Å². The molecule has 1 aliphatic rings. The Labute approximate surface area is 85.7 Å². The lowest BCUT2D eigenvalue weighted by Crippen LogP contribution is -2.23. The van der Waals surface area contributed by atoms with Crippen molar-refractivity contribution in [2.24, 2.45) is 5.73 Å². The molecule has 0 radical (unpaired) electrons. The molecule has 0 spiro atoms. The van der Waals surface area contributed by atoms with Gasteiger partial charge in [0.1, 0.15) is 0 Å². The Balaban J connectivity index is 2.39. The lowest BCUT2D eigenvalue weighted by atomic mass is 10.0. The van der Waals surface area contributed by atoms with Crippen LogP contribution >= 0.6 is 0 Å². The van der Waals surface area contributed by atoms with Gasteiger partial charge in [0.05, 0.1) is 0 Å². The molecule has 1 aromatic carbocycles. The molecule has 0 amide bonds. The third kappa shape index (κ3) is 1.40. The summed E-state index contributed by atoms with van der Waals surface area (Å²) in [7, 11) is 2.15. The summed E-state index contributed by atoms with van der Waals surface area (Å²) in [5, 5.41) is 0. The van der Waals surface area contributed by atoms with Gasteiger partial charge in [-0.15, -0.1) is 0 Å². The second-order valence-electron chi connectivity index (χ2n) is 4.34. The number of nitrogens with two attached hydrogens (primary N) is 1. The predicted octanol–water partition coefficient (Wildman–Crippen LogP) is 2.09. The summed E-state index contributed by atoms with van der Waals surface area (Å²) in [5.74, 6) is 0. The van der Waals surface area contributed by atoms with Gasteiger partial charge in [0.2, 0.25) is 0 Å². The molecule has 0 bridgehead atoms. The molecule has 2 nitrogen and oxygen atoms in total. The van der Waals surface area contributed by atoms with Crippen molar-refractivity contribution in [3.63, 3.8) is 0 Å². The normalized spacial score (nSPS) is 22.3. The van der Waals surface area contributed by atoms with Crippen LogP contribution in [0.3, 0.4) is 0 Å². The van der Waals surface area contributed by atoms with E-state index in [9.17, 15) is 0 Å². The molecule has 14 heavy (non-hydrogen) atoms. The molecule has 2 atom stereocenters. The first-order chi connectivity index (χ1) is 6.59. The maximum absolute atomic E-state index is 5.86. The van der Waals surface area contributed by atoms with E-state index in [1.54, 1.807) is 0 Å². The molecular formula is C12H18N2. The average molecular weight is 190 g/mol. The molecule has 1 aliphatic heterocycles. The van der Waals surface area contributed by atoms with Gasteiger partial charge >= 0.3 is 0 Å². The zero-order chi connectivity index (χ0) is 10.3. The molecule has 0 saturated carbocycles. The second kappa shape index (κ2) is 3.28. The van der Waals surface area contributed by atoms with Crippen molar-refractivity contribution in [2.45, 2.75) is 32.4 Å². The van der Waals surface area contributed by atoms with E-state index in [0.29, 0.717) is 6.04 Å². The minimum atomic E-state index is 0.140. The largest absolute Gasteiger partial charge is 0.371 e. The van der Waals surface area contributed by atoms with Gasteiger partial charge in [-0.3, -0.25) is 0 Å². The Morgan fingerprint density at radius 3 is 2.86 bits per heavy atom. The molecule has 0 aromatic heterocycles. The summed E-state index contributed by atoms with van der Waals surface area (Å²) in [6.07, 6.45) is 1.15. The maximum Gasteiger partial charge on any atom is 0.0399 e. The van der Waals surface area contributed by atoms with E-state index in [2.05, 4.69) is 37.1 Å². The molecule has 0 fully saturated rings. The van der Waals surface area contributed by atoms with Crippen LogP contribution in [0.5, 0.6) is 0 Å². The molecule has 2 heteroatoms. The van der Waals surface area contributed by atoms with Crippen LogP contribution in [0.2, 0.25) is 0 Å². The van der Waals surface area contributed by atoms with Crippen molar-refractivity contribution < 1.29 is 0 Å². The van der Waals surface area contributed by atoms with E-state index in [4.69, 9.17) is 5.73 Å². The number of likely N-dealkylation sites (N-methyl/N-ethyl adjacent to an activating group) is 1. The third-order valence-corrected chi connectivity index (χ3v) is 3.19. The molecule has 1 heterocycles. The summed E-state index contributed by atoms with van der Waals surface area (Å²) in [4.78, 5) is 2.33. The highest BCUT2D eigenvalue weighted by Gasteiger charge is 2.22. The summed E-state index contributed by atoms with van der Waals surface area (Å²) >= 11 is 0. The molecule has 0 saturated heterocycles. The van der Waals surface area contributed by atoms with Crippen molar-refractivity contribution in [1.82, 2.24) is 0 Å². The third-order valence-electron chi connectivity index (χ3n) is 3.19. The van der Waals surface area contributed by atoms with Crippen molar-refractivity contribution in [3.05, 3.63) is 29.3 Å². The summed E-state index contributed by atoms with van der Waals surface area (Å²) in [6, 6.07) is 7.34. The quantitative estimate of drug-likeness (QED) is 0.734. The maximum atomic E-state index is 5.86. The van der Waals surface area contributed by atoms with Crippen LogP contribution in [0.1, 0.15) is 31.0 Å². The Hall–Kier alpha value is -1.02. The molecule has 0 aliphatic carbocycles. The SMILES string of the molecule is CC(N)c1ccc2c(c1)CC(C)N2C. The Morgan fingerprint density at radius 2 is 2.21 bits per heavy atom. The molecule has 76 valence electrons. The highest BCUT2D eigenvalue weighted by molar-refractivity contribution is 5.59. The number of benzene rings is 1. The minimum absolute atomic E-state index is 0.140. The number of hydrogen-bond donors (Lipinski definition) is 1. The van der Waals surface area contributed by atoms with Crippen molar-refractivity contribution in [3.8, 4) is 0 Å². The smallest absolute Gasteiger partial charge is 0.0399 e. The first-order valence-corrected chi connectivity index (χ1v) is 5.21. The zero-order valence-corrected chi connectivity index (χ0v) is 9.12. The van der Waals surface area contributed by atoms with Gasteiger partial charge in [0.25, 0.3) is 0 Å². The fraction of sp³-hybridized carbons (Fsp3) is 0.500. The van der Waals surface area contributed by atoms with Gasteiger partial charge in [-0.25, -0.2) is 0 Å². The first-order valence-electron chi connectivity index (χ1n) is 5.21. The monoisotopic (exact) mass is 190 g/mol. The summed E-state index contributed by atoms with van der Waals surface area (Å²) in [6.45, 7) is 4.29. The van der Waals surface area contributed by atoms with Gasteiger partial charge in [0.15, 0.2) is 0 Å². The topological polar surface area (TPSA) is 29.3 Å². The number of nitrogens with zero attached hydrogens (tertiary/aromatic N) is 1. The lowest BCUT2D eigenvalue weighted by Gasteiger charge is -2.18. The first kappa shape index (κ1) is 9.53. The standard InChI is InChI=1S/C12H18N2/c1-8-6-11-7-10(9(2)13)4-5-12(11)14(8)3/h4-5,7-9H,6,13H2,1-3H3. The number of hydrogen-bond acceptors (Lipinski definition) is 2. The van der Waals surface area contributed by atoms with Crippen LogP contribution in [0, 0.1) is 0 Å². The predicted molar refractivity (Wildman–Crippen MR) is 60.6 cm³/mol. The number of fused-ring (bicyclic) bond motifs is 1. The molecule has 2 unspecified atom stereocenters. The molecule has 2 N–H and O–H groups in total. The lowest BCUT2D eigenvalue weighted by molar-refractivity contribution is 0.731. The fourth-order valence-corrected chi connectivity index (χ4v) is 2.09. The summed E-state index contributed by atoms with van der Waals surface area (Å²) < 4.78 is 0. The zero-order valence-electron chi connectivity index (χ0n) is 9.12. The molecule has 2 rings (SSSR count). The summed E-state index contributed by atoms with van der Waals surface area (Å²) in [5.41, 5.74) is 9.91. The van der Waals surface area contributed by atoms with E-state index in [1.807, 2.05) is 6.92 Å². The van der Waals surface area contributed by atoms with Crippen LogP contribution in [0.15, 0.2) is 18.2 Å². The average Bonchev–Trinajstić information content (AvgIpc) is 2.42. The van der Waals surface area contributed by atoms with Crippen molar-refractivity contribution in [2.75, 3.05) is 11.9 Å². The van der Waals surface area contributed by atoms with E-state index in [-0.39, 0.29) is 6.04 Å². The Kier molecular flexibility index (Phi) is 2.23. The molecule has 1 aromatic rings. The van der Waals surface area contributed by atoms with Crippen LogP contribution in [-0.2, 0) is 6.42 Å². The van der Waals surface area contributed by atoms with Gasteiger partial charge in [-0.05, 0) is 37.5 Å². The van der Waals surface area contributed by atoms with Gasteiger partial charge in [0, 0.05) is 24.8 Å². The van der Waals surface area contributed by atoms with Crippen LogP contribution in [0.25, 0.3) is 0 Å². The Morgan fingerprint density at radius 1 is 1.50 bits per heavy atom. The number of anilines is 1. The van der Waals surface area contributed by atoms with Crippen molar-refractivity contribution >= 4 is 5.69 Å².